The maximum absolute atomic E-state index is 12.0. The summed E-state index contributed by atoms with van der Waals surface area (Å²) in [5.74, 6) is 0.683. The number of nitrogens with one attached hydrogen (secondary N) is 1. The third kappa shape index (κ3) is 2.95. The van der Waals surface area contributed by atoms with E-state index in [1.807, 2.05) is 18.9 Å². The van der Waals surface area contributed by atoms with Gasteiger partial charge in [0.05, 0.1) is 0 Å². The number of nitrogens with zero attached hydrogens (tertiary/aromatic N) is 1. The smallest absolute Gasteiger partial charge is 0.251 e. The number of hydrogen-bond acceptors (Lipinski definition) is 3. The van der Waals surface area contributed by atoms with Gasteiger partial charge in [0.25, 0.3) is 5.91 Å². The molecule has 0 aromatic rings. The van der Waals surface area contributed by atoms with Crippen LogP contribution < -0.4 is 5.32 Å². The van der Waals surface area contributed by atoms with E-state index in [9.17, 15) is 4.79 Å². The summed E-state index contributed by atoms with van der Waals surface area (Å²) in [5, 5.41) is 3.34. The molecular weight excluding hydrogens is 204 g/mol. The summed E-state index contributed by atoms with van der Waals surface area (Å²) < 4.78 is 5.08. The minimum atomic E-state index is -0.316. The number of methoxy groups -OCH3 is 1. The van der Waals surface area contributed by atoms with Crippen molar-refractivity contribution in [2.75, 3.05) is 27.2 Å². The van der Waals surface area contributed by atoms with Crippen molar-refractivity contribution in [3.63, 3.8) is 0 Å². The highest BCUT2D eigenvalue weighted by molar-refractivity contribution is 5.80. The van der Waals surface area contributed by atoms with E-state index in [0.29, 0.717) is 12.0 Å². The highest BCUT2D eigenvalue weighted by atomic mass is 16.5. The van der Waals surface area contributed by atoms with Crippen LogP contribution in [0.4, 0.5) is 0 Å². The molecule has 3 atom stereocenters. The Balaban J connectivity index is 2.56. The Morgan fingerprint density at radius 1 is 1.62 bits per heavy atom. The van der Waals surface area contributed by atoms with E-state index in [1.54, 1.807) is 7.11 Å². The Labute approximate surface area is 98.3 Å². The Morgan fingerprint density at radius 2 is 2.31 bits per heavy atom. The average Bonchev–Trinajstić information content (AvgIpc) is 2.35. The first-order valence-corrected chi connectivity index (χ1v) is 6.12. The number of ether oxygens (including phenoxy) is 1. The van der Waals surface area contributed by atoms with Gasteiger partial charge in [-0.25, -0.2) is 0 Å². The molecule has 0 aromatic carbocycles. The Kier molecular flexibility index (Phi) is 5.22. The number of piperidine rings is 1. The molecule has 0 spiro atoms. The highest BCUT2D eigenvalue weighted by Gasteiger charge is 2.31. The molecule has 4 heteroatoms. The van der Waals surface area contributed by atoms with Crippen LogP contribution in [-0.2, 0) is 9.53 Å². The van der Waals surface area contributed by atoms with Crippen molar-refractivity contribution in [1.29, 1.82) is 0 Å². The third-order valence-electron chi connectivity index (χ3n) is 3.64. The minimum Gasteiger partial charge on any atom is -0.372 e. The minimum absolute atomic E-state index is 0.121. The molecule has 0 saturated carbocycles. The van der Waals surface area contributed by atoms with Crippen LogP contribution in [0.1, 0.15) is 26.7 Å². The lowest BCUT2D eigenvalue weighted by atomic mass is 9.90. The predicted molar refractivity (Wildman–Crippen MR) is 64.3 cm³/mol. The van der Waals surface area contributed by atoms with Gasteiger partial charge < -0.3 is 15.0 Å². The summed E-state index contributed by atoms with van der Waals surface area (Å²) in [6.45, 7) is 5.69. The van der Waals surface area contributed by atoms with Crippen molar-refractivity contribution in [3.05, 3.63) is 0 Å². The SMILES string of the molecule is CCC1CN(C(=O)C(C)OC)CCC1NC. The second-order valence-electron chi connectivity index (χ2n) is 4.51. The van der Waals surface area contributed by atoms with E-state index in [-0.39, 0.29) is 12.0 Å². The number of hydrogen-bond donors (Lipinski definition) is 1. The van der Waals surface area contributed by atoms with E-state index in [0.717, 1.165) is 25.9 Å². The largest absolute Gasteiger partial charge is 0.372 e. The first-order chi connectivity index (χ1) is 7.63. The lowest BCUT2D eigenvalue weighted by molar-refractivity contribution is -0.143. The summed E-state index contributed by atoms with van der Waals surface area (Å²) >= 11 is 0. The Hall–Kier alpha value is -0.610. The van der Waals surface area contributed by atoms with Gasteiger partial charge in [-0.3, -0.25) is 4.79 Å². The van der Waals surface area contributed by atoms with Gasteiger partial charge in [0.15, 0.2) is 0 Å². The van der Waals surface area contributed by atoms with Crippen molar-refractivity contribution < 1.29 is 9.53 Å². The Bertz CT molecular complexity index is 233. The van der Waals surface area contributed by atoms with Crippen LogP contribution in [0, 0.1) is 5.92 Å². The van der Waals surface area contributed by atoms with Gasteiger partial charge in [0, 0.05) is 26.2 Å². The molecule has 0 aromatic heterocycles. The zero-order valence-electron chi connectivity index (χ0n) is 10.8. The van der Waals surface area contributed by atoms with Gasteiger partial charge in [-0.2, -0.15) is 0 Å². The van der Waals surface area contributed by atoms with Crippen LogP contribution in [0.5, 0.6) is 0 Å². The second-order valence-corrected chi connectivity index (χ2v) is 4.51. The zero-order valence-corrected chi connectivity index (χ0v) is 10.8. The third-order valence-corrected chi connectivity index (χ3v) is 3.64. The van der Waals surface area contributed by atoms with Gasteiger partial charge in [-0.05, 0) is 26.3 Å². The summed E-state index contributed by atoms with van der Waals surface area (Å²) in [7, 11) is 3.59. The molecule has 1 saturated heterocycles. The van der Waals surface area contributed by atoms with E-state index in [2.05, 4.69) is 12.2 Å². The van der Waals surface area contributed by atoms with Gasteiger partial charge >= 0.3 is 0 Å². The van der Waals surface area contributed by atoms with Crippen LogP contribution in [0.2, 0.25) is 0 Å². The van der Waals surface area contributed by atoms with E-state index in [4.69, 9.17) is 4.74 Å². The number of carbonyl (C=O) groups excluding carboxylic acids is 1. The highest BCUT2D eigenvalue weighted by Crippen LogP contribution is 2.20. The van der Waals surface area contributed by atoms with E-state index in [1.165, 1.54) is 0 Å². The fourth-order valence-corrected chi connectivity index (χ4v) is 2.38. The molecule has 1 N–H and O–H groups in total. The van der Waals surface area contributed by atoms with Crippen molar-refractivity contribution >= 4 is 5.91 Å². The van der Waals surface area contributed by atoms with Crippen LogP contribution >= 0.6 is 0 Å². The number of likely N-dealkylation sites (tertiary alicyclic amines) is 1. The van der Waals surface area contributed by atoms with Crippen LogP contribution in [0.3, 0.4) is 0 Å². The number of amides is 1. The van der Waals surface area contributed by atoms with Crippen LogP contribution in [-0.4, -0.2) is 50.2 Å². The molecule has 3 unspecified atom stereocenters. The molecule has 1 fully saturated rings. The zero-order chi connectivity index (χ0) is 12.1. The molecule has 1 aliphatic rings. The maximum Gasteiger partial charge on any atom is 0.251 e. The average molecular weight is 228 g/mol. The quantitative estimate of drug-likeness (QED) is 0.776. The molecule has 0 aliphatic carbocycles. The summed E-state index contributed by atoms with van der Waals surface area (Å²) in [6.07, 6.45) is 1.83. The first kappa shape index (κ1) is 13.5. The lowest BCUT2D eigenvalue weighted by Gasteiger charge is -2.39. The first-order valence-electron chi connectivity index (χ1n) is 6.12. The fourth-order valence-electron chi connectivity index (χ4n) is 2.38. The van der Waals surface area contributed by atoms with E-state index < -0.39 is 0 Å². The molecule has 94 valence electrons. The maximum atomic E-state index is 12.0. The van der Waals surface area contributed by atoms with Gasteiger partial charge in [-0.1, -0.05) is 13.3 Å². The lowest BCUT2D eigenvalue weighted by Crippen LogP contribution is -2.52. The summed E-state index contributed by atoms with van der Waals surface area (Å²) in [6, 6.07) is 0.548. The predicted octanol–water partition coefficient (Wildman–Crippen LogP) is 0.868. The normalized spacial score (nSPS) is 27.9. The van der Waals surface area contributed by atoms with Crippen molar-refractivity contribution in [3.8, 4) is 0 Å². The topological polar surface area (TPSA) is 41.6 Å². The van der Waals surface area contributed by atoms with E-state index >= 15 is 0 Å². The molecule has 1 amide bonds. The molecule has 16 heavy (non-hydrogen) atoms. The van der Waals surface area contributed by atoms with Crippen molar-refractivity contribution in [2.24, 2.45) is 5.92 Å². The van der Waals surface area contributed by atoms with Crippen LogP contribution in [0.15, 0.2) is 0 Å². The molecular formula is C12H24N2O2. The molecule has 1 heterocycles. The molecule has 0 bridgehead atoms. The molecule has 4 nitrogen and oxygen atoms in total. The summed E-state index contributed by atoms with van der Waals surface area (Å²) in [4.78, 5) is 13.9. The van der Waals surface area contributed by atoms with Gasteiger partial charge in [-0.15, -0.1) is 0 Å². The van der Waals surface area contributed by atoms with Crippen molar-refractivity contribution in [2.45, 2.75) is 38.8 Å². The van der Waals surface area contributed by atoms with Crippen molar-refractivity contribution in [1.82, 2.24) is 10.2 Å². The Morgan fingerprint density at radius 3 is 2.81 bits per heavy atom. The monoisotopic (exact) mass is 228 g/mol. The summed E-state index contributed by atoms with van der Waals surface area (Å²) in [5.41, 5.74) is 0. The second kappa shape index (κ2) is 6.21. The molecule has 0 radical (unpaired) electrons. The number of carbonyl (C=O) groups is 1. The standard InChI is InChI=1S/C12H24N2O2/c1-5-10-8-14(7-6-11(10)13-3)12(15)9(2)16-4/h9-11,13H,5-8H2,1-4H3. The van der Waals surface area contributed by atoms with Gasteiger partial charge in [0.1, 0.15) is 6.10 Å². The van der Waals surface area contributed by atoms with Crippen LogP contribution in [0.25, 0.3) is 0 Å². The van der Waals surface area contributed by atoms with Gasteiger partial charge in [0.2, 0.25) is 0 Å². The number of rotatable bonds is 4. The fraction of sp³-hybridized carbons (Fsp3) is 0.917. The molecule has 1 rings (SSSR count). The molecule has 1 aliphatic heterocycles.